The Morgan fingerprint density at radius 3 is 2.40 bits per heavy atom. The molecule has 4 aromatic rings. The number of nitrogens with two attached hydrogens (primary N) is 2. The Morgan fingerprint density at radius 2 is 1.64 bits per heavy atom. The van der Waals surface area contributed by atoms with E-state index < -0.39 is 0 Å². The number of anilines is 1. The zero-order chi connectivity index (χ0) is 17.4. The second-order valence-corrected chi connectivity index (χ2v) is 6.93. The van der Waals surface area contributed by atoms with Crippen molar-refractivity contribution in [2.75, 3.05) is 5.73 Å². The zero-order valence-electron chi connectivity index (χ0n) is 13.6. The molecule has 0 saturated carbocycles. The van der Waals surface area contributed by atoms with Gasteiger partial charge < -0.3 is 11.5 Å². The lowest BCUT2D eigenvalue weighted by atomic mass is 9.98. The van der Waals surface area contributed by atoms with Gasteiger partial charge >= 0.3 is 0 Å². The molecule has 2 aromatic carbocycles. The second kappa shape index (κ2) is 6.07. The fourth-order valence-electron chi connectivity index (χ4n) is 2.93. The van der Waals surface area contributed by atoms with Crippen molar-refractivity contribution in [2.45, 2.75) is 0 Å². The van der Waals surface area contributed by atoms with Gasteiger partial charge in [-0.25, -0.2) is 4.98 Å². The van der Waals surface area contributed by atoms with Gasteiger partial charge in [-0.3, -0.25) is 0 Å². The first kappa shape index (κ1) is 15.4. The molecule has 122 valence electrons. The largest absolute Gasteiger partial charge is 0.398 e. The molecule has 0 bridgehead atoms. The van der Waals surface area contributed by atoms with Crippen molar-refractivity contribution in [1.82, 2.24) is 4.98 Å². The van der Waals surface area contributed by atoms with Crippen LogP contribution in [0.25, 0.3) is 38.0 Å². The number of hydrogen-bond donors (Lipinski definition) is 2. The predicted molar refractivity (Wildman–Crippen MR) is 108 cm³/mol. The Kier molecular flexibility index (Phi) is 3.75. The van der Waals surface area contributed by atoms with Crippen LogP contribution in [0.5, 0.6) is 0 Å². The van der Waals surface area contributed by atoms with Crippen molar-refractivity contribution in [2.24, 2.45) is 5.73 Å². The number of hydrogen-bond acceptors (Lipinski definition) is 4. The maximum absolute atomic E-state index is 6.07. The lowest BCUT2D eigenvalue weighted by Crippen LogP contribution is -1.91. The van der Waals surface area contributed by atoms with Crippen molar-refractivity contribution < 1.29 is 0 Å². The Bertz CT molecular complexity index is 1080. The minimum absolute atomic E-state index is 0.524. The van der Waals surface area contributed by atoms with Crippen LogP contribution in [0.1, 0.15) is 4.88 Å². The van der Waals surface area contributed by atoms with Gasteiger partial charge in [0.1, 0.15) is 5.82 Å². The lowest BCUT2D eigenvalue weighted by molar-refractivity contribution is 1.37. The van der Waals surface area contributed by atoms with Crippen LogP contribution in [-0.2, 0) is 0 Å². The van der Waals surface area contributed by atoms with E-state index in [0.717, 1.165) is 26.1 Å². The van der Waals surface area contributed by atoms with Crippen molar-refractivity contribution in [3.63, 3.8) is 0 Å². The molecule has 2 heterocycles. The summed E-state index contributed by atoms with van der Waals surface area (Å²) in [5.41, 5.74) is 17.0. The van der Waals surface area contributed by atoms with Crippen LogP contribution in [0.3, 0.4) is 0 Å². The maximum Gasteiger partial charge on any atom is 0.141 e. The zero-order valence-corrected chi connectivity index (χ0v) is 14.4. The number of nitrogen functional groups attached to an aromatic ring is 1. The Labute approximate surface area is 150 Å². The molecule has 0 fully saturated rings. The van der Waals surface area contributed by atoms with E-state index in [2.05, 4.69) is 48.0 Å². The van der Waals surface area contributed by atoms with Gasteiger partial charge in [0.05, 0.1) is 9.58 Å². The molecule has 0 aliphatic rings. The van der Waals surface area contributed by atoms with Gasteiger partial charge in [-0.15, -0.1) is 11.3 Å². The van der Waals surface area contributed by atoms with Gasteiger partial charge in [-0.2, -0.15) is 0 Å². The SMILES string of the molecule is C=C(N)c1cc2c(-c3cccc(-c4ccccc4)c3)cnc(N)c2s1. The minimum Gasteiger partial charge on any atom is -0.398 e. The molecule has 0 aliphatic heterocycles. The number of fused-ring (bicyclic) bond motifs is 1. The van der Waals surface area contributed by atoms with Gasteiger partial charge in [0.25, 0.3) is 0 Å². The van der Waals surface area contributed by atoms with Crippen LogP contribution >= 0.6 is 11.3 Å². The van der Waals surface area contributed by atoms with E-state index >= 15 is 0 Å². The van der Waals surface area contributed by atoms with Crippen molar-refractivity contribution >= 4 is 32.9 Å². The first-order valence-electron chi connectivity index (χ1n) is 7.92. The highest BCUT2D eigenvalue weighted by molar-refractivity contribution is 7.20. The van der Waals surface area contributed by atoms with Gasteiger partial charge in [0.2, 0.25) is 0 Å². The molecule has 25 heavy (non-hydrogen) atoms. The van der Waals surface area contributed by atoms with Crippen LogP contribution < -0.4 is 11.5 Å². The van der Waals surface area contributed by atoms with Crippen LogP contribution in [-0.4, -0.2) is 4.98 Å². The van der Waals surface area contributed by atoms with E-state index in [4.69, 9.17) is 11.5 Å². The average molecular weight is 343 g/mol. The molecule has 4 rings (SSSR count). The highest BCUT2D eigenvalue weighted by Gasteiger charge is 2.13. The Hall–Kier alpha value is -3.11. The van der Waals surface area contributed by atoms with Gasteiger partial charge in [-0.1, -0.05) is 55.1 Å². The first-order chi connectivity index (χ1) is 12.1. The fraction of sp³-hybridized carbons (Fsp3) is 0. The van der Waals surface area contributed by atoms with Crippen LogP contribution in [0.15, 0.2) is 73.4 Å². The monoisotopic (exact) mass is 343 g/mol. The Morgan fingerprint density at radius 1 is 0.920 bits per heavy atom. The van der Waals surface area contributed by atoms with Crippen molar-refractivity contribution in [1.29, 1.82) is 0 Å². The summed E-state index contributed by atoms with van der Waals surface area (Å²) in [5, 5.41) is 1.06. The molecule has 0 atom stereocenters. The molecule has 2 aromatic heterocycles. The summed E-state index contributed by atoms with van der Waals surface area (Å²) < 4.78 is 0.948. The summed E-state index contributed by atoms with van der Waals surface area (Å²) in [6, 6.07) is 20.8. The van der Waals surface area contributed by atoms with Crippen LogP contribution in [0.4, 0.5) is 5.82 Å². The Balaban J connectivity index is 1.91. The van der Waals surface area contributed by atoms with Crippen LogP contribution in [0, 0.1) is 0 Å². The maximum atomic E-state index is 6.07. The molecule has 4 heteroatoms. The minimum atomic E-state index is 0.524. The summed E-state index contributed by atoms with van der Waals surface area (Å²) in [6.45, 7) is 3.83. The van der Waals surface area contributed by atoms with E-state index in [1.807, 2.05) is 30.5 Å². The average Bonchev–Trinajstić information content (AvgIpc) is 3.10. The molecule has 0 saturated heterocycles. The summed E-state index contributed by atoms with van der Waals surface area (Å²) in [5.74, 6) is 0.524. The molecular formula is C21H17N3S. The first-order valence-corrected chi connectivity index (χ1v) is 8.74. The molecule has 0 spiro atoms. The summed E-state index contributed by atoms with van der Waals surface area (Å²) >= 11 is 1.53. The third kappa shape index (κ3) is 2.77. The molecular weight excluding hydrogens is 326 g/mol. The van der Waals surface area contributed by atoms with Crippen molar-refractivity contribution in [3.8, 4) is 22.3 Å². The number of aromatic nitrogens is 1. The number of benzene rings is 2. The standard InChI is InChI=1S/C21H17N3S/c1-13(22)19-11-17-18(12-24-21(23)20(17)25-19)16-9-5-8-15(10-16)14-6-3-2-4-7-14/h2-12H,1,22H2,(H2,23,24). The summed E-state index contributed by atoms with van der Waals surface area (Å²) in [6.07, 6.45) is 1.83. The lowest BCUT2D eigenvalue weighted by Gasteiger charge is -2.08. The van der Waals surface area contributed by atoms with Crippen molar-refractivity contribution in [3.05, 3.63) is 78.3 Å². The van der Waals surface area contributed by atoms with Crippen LogP contribution in [0.2, 0.25) is 0 Å². The fourth-order valence-corrected chi connectivity index (χ4v) is 3.89. The highest BCUT2D eigenvalue weighted by Crippen LogP contribution is 2.38. The molecule has 0 unspecified atom stereocenters. The van der Waals surface area contributed by atoms with E-state index in [-0.39, 0.29) is 0 Å². The van der Waals surface area contributed by atoms with Gasteiger partial charge in [0, 0.05) is 22.8 Å². The summed E-state index contributed by atoms with van der Waals surface area (Å²) in [4.78, 5) is 5.30. The molecule has 3 nitrogen and oxygen atoms in total. The van der Waals surface area contributed by atoms with Gasteiger partial charge in [0.15, 0.2) is 0 Å². The topological polar surface area (TPSA) is 64.9 Å². The number of rotatable bonds is 3. The van der Waals surface area contributed by atoms with E-state index in [1.54, 1.807) is 0 Å². The van der Waals surface area contributed by atoms with E-state index in [1.165, 1.54) is 22.5 Å². The number of pyridine rings is 1. The predicted octanol–water partition coefficient (Wildman–Crippen LogP) is 5.14. The number of thiophene rings is 1. The summed E-state index contributed by atoms with van der Waals surface area (Å²) in [7, 11) is 0. The number of nitrogens with zero attached hydrogens (tertiary/aromatic N) is 1. The molecule has 0 radical (unpaired) electrons. The molecule has 0 aliphatic carbocycles. The third-order valence-corrected chi connectivity index (χ3v) is 5.42. The highest BCUT2D eigenvalue weighted by atomic mass is 32.1. The second-order valence-electron chi connectivity index (χ2n) is 5.88. The normalized spacial score (nSPS) is 10.9. The quantitative estimate of drug-likeness (QED) is 0.541. The molecule has 4 N–H and O–H groups in total. The third-order valence-electron chi connectivity index (χ3n) is 4.18. The van der Waals surface area contributed by atoms with E-state index in [0.29, 0.717) is 11.5 Å². The van der Waals surface area contributed by atoms with Gasteiger partial charge in [-0.05, 0) is 28.8 Å². The smallest absolute Gasteiger partial charge is 0.141 e. The molecule has 0 amide bonds. The van der Waals surface area contributed by atoms with E-state index in [9.17, 15) is 0 Å².